The molecule has 0 aliphatic carbocycles. The van der Waals surface area contributed by atoms with Crippen molar-refractivity contribution < 1.29 is 14.3 Å². The Bertz CT molecular complexity index is 829. The minimum absolute atomic E-state index is 0.213. The molecule has 3 rings (SSSR count). The quantitative estimate of drug-likeness (QED) is 0.436. The fourth-order valence-corrected chi connectivity index (χ4v) is 3.68. The maximum absolute atomic E-state index is 11.9. The minimum Gasteiger partial charge on any atom is -0.478 e. The van der Waals surface area contributed by atoms with Gasteiger partial charge in [-0.25, -0.2) is 15.0 Å². The van der Waals surface area contributed by atoms with Gasteiger partial charge in [0.2, 0.25) is 11.8 Å². The number of halogens is 1. The lowest BCUT2D eigenvalue weighted by Crippen LogP contribution is -2.34. The Labute approximate surface area is 189 Å². The third kappa shape index (κ3) is 7.98. The summed E-state index contributed by atoms with van der Waals surface area (Å²) in [6.45, 7) is 8.15. The van der Waals surface area contributed by atoms with Gasteiger partial charge in [-0.2, -0.15) is 0 Å². The Morgan fingerprint density at radius 2 is 1.84 bits per heavy atom. The standard InChI is InChI=1S/C23H31ClN4O3/c1-23(2,3)31-21(29)13-18-6-7-20(25-14-18)30-12-4-5-17-8-10-28(11-9-17)22-26-15-19(24)16-27-22/h6-7,14-17H,4-5,8-13H2,1-3H3. The van der Waals surface area contributed by atoms with Crippen molar-refractivity contribution >= 4 is 23.5 Å². The van der Waals surface area contributed by atoms with Crippen molar-refractivity contribution in [3.05, 3.63) is 41.3 Å². The number of pyridine rings is 1. The van der Waals surface area contributed by atoms with Crippen LogP contribution in [0, 0.1) is 5.92 Å². The third-order valence-electron chi connectivity index (χ3n) is 5.08. The van der Waals surface area contributed by atoms with Crippen LogP contribution in [-0.4, -0.2) is 46.2 Å². The van der Waals surface area contributed by atoms with E-state index in [0.717, 1.165) is 50.3 Å². The molecule has 0 bridgehead atoms. The fourth-order valence-electron chi connectivity index (χ4n) is 3.58. The van der Waals surface area contributed by atoms with Crippen LogP contribution < -0.4 is 9.64 Å². The lowest BCUT2D eigenvalue weighted by atomic mass is 9.92. The van der Waals surface area contributed by atoms with E-state index < -0.39 is 5.60 Å². The second-order valence-electron chi connectivity index (χ2n) is 8.89. The average Bonchev–Trinajstić information content (AvgIpc) is 2.72. The molecule has 0 amide bonds. The van der Waals surface area contributed by atoms with Crippen LogP contribution in [0.5, 0.6) is 5.88 Å². The van der Waals surface area contributed by atoms with E-state index in [2.05, 4.69) is 19.9 Å². The Kier molecular flexibility index (Phi) is 8.07. The zero-order valence-corrected chi connectivity index (χ0v) is 19.3. The number of aromatic nitrogens is 3. The normalized spacial score (nSPS) is 15.0. The number of esters is 1. The molecule has 0 aromatic carbocycles. The van der Waals surface area contributed by atoms with Crippen LogP contribution in [0.2, 0.25) is 5.02 Å². The first-order chi connectivity index (χ1) is 14.8. The summed E-state index contributed by atoms with van der Waals surface area (Å²) in [6.07, 6.45) is 9.55. The van der Waals surface area contributed by atoms with Gasteiger partial charge in [0.1, 0.15) is 5.60 Å². The summed E-state index contributed by atoms with van der Waals surface area (Å²) in [5.41, 5.74) is 0.339. The zero-order chi connectivity index (χ0) is 22.3. The first kappa shape index (κ1) is 23.3. The van der Waals surface area contributed by atoms with Crippen molar-refractivity contribution in [1.29, 1.82) is 0 Å². The van der Waals surface area contributed by atoms with Crippen LogP contribution in [0.1, 0.15) is 52.0 Å². The second kappa shape index (κ2) is 10.8. The molecule has 2 aromatic heterocycles. The third-order valence-corrected chi connectivity index (χ3v) is 5.27. The Morgan fingerprint density at radius 1 is 1.13 bits per heavy atom. The van der Waals surface area contributed by atoms with Crippen LogP contribution in [0.15, 0.2) is 30.7 Å². The lowest BCUT2D eigenvalue weighted by Gasteiger charge is -2.31. The number of piperidine rings is 1. The Balaban J connectivity index is 1.32. The summed E-state index contributed by atoms with van der Waals surface area (Å²) in [5.74, 6) is 1.78. The van der Waals surface area contributed by atoms with Crippen molar-refractivity contribution in [2.24, 2.45) is 5.92 Å². The highest BCUT2D eigenvalue weighted by atomic mass is 35.5. The van der Waals surface area contributed by atoms with Crippen LogP contribution >= 0.6 is 11.6 Å². The topological polar surface area (TPSA) is 77.4 Å². The highest BCUT2D eigenvalue weighted by Crippen LogP contribution is 2.24. The van der Waals surface area contributed by atoms with Gasteiger partial charge in [0.25, 0.3) is 0 Å². The van der Waals surface area contributed by atoms with Gasteiger partial charge in [-0.1, -0.05) is 17.7 Å². The van der Waals surface area contributed by atoms with E-state index in [1.54, 1.807) is 18.6 Å². The summed E-state index contributed by atoms with van der Waals surface area (Å²) in [7, 11) is 0. The van der Waals surface area contributed by atoms with Crippen LogP contribution in [0.3, 0.4) is 0 Å². The molecule has 1 aliphatic heterocycles. The molecule has 1 fully saturated rings. The zero-order valence-electron chi connectivity index (χ0n) is 18.5. The van der Waals surface area contributed by atoms with Crippen molar-refractivity contribution in [3.63, 3.8) is 0 Å². The van der Waals surface area contributed by atoms with Crippen LogP contribution in [0.25, 0.3) is 0 Å². The van der Waals surface area contributed by atoms with Gasteiger partial charge in [0.05, 0.1) is 30.4 Å². The fraction of sp³-hybridized carbons (Fsp3) is 0.565. The van der Waals surface area contributed by atoms with E-state index in [9.17, 15) is 4.79 Å². The van der Waals surface area contributed by atoms with Crippen LogP contribution in [0.4, 0.5) is 5.95 Å². The molecule has 0 spiro atoms. The molecule has 7 nitrogen and oxygen atoms in total. The first-order valence-corrected chi connectivity index (χ1v) is 11.2. The van der Waals surface area contributed by atoms with E-state index in [1.807, 2.05) is 32.9 Å². The number of nitrogens with zero attached hydrogens (tertiary/aromatic N) is 4. The molecule has 8 heteroatoms. The maximum Gasteiger partial charge on any atom is 0.310 e. The van der Waals surface area contributed by atoms with Gasteiger partial charge in [0, 0.05) is 25.4 Å². The number of rotatable bonds is 8. The number of anilines is 1. The largest absolute Gasteiger partial charge is 0.478 e. The van der Waals surface area contributed by atoms with Gasteiger partial charge < -0.3 is 14.4 Å². The Hall–Kier alpha value is -2.41. The van der Waals surface area contributed by atoms with Crippen LogP contribution in [-0.2, 0) is 16.0 Å². The molecule has 168 valence electrons. The minimum atomic E-state index is -0.478. The predicted octanol–water partition coefficient (Wildman–Crippen LogP) is 4.48. The highest BCUT2D eigenvalue weighted by Gasteiger charge is 2.21. The Morgan fingerprint density at radius 3 is 2.45 bits per heavy atom. The lowest BCUT2D eigenvalue weighted by molar-refractivity contribution is -0.153. The average molecular weight is 447 g/mol. The molecule has 1 aliphatic rings. The number of hydrogen-bond acceptors (Lipinski definition) is 7. The summed E-state index contributed by atoms with van der Waals surface area (Å²) in [5, 5.41) is 0.561. The smallest absolute Gasteiger partial charge is 0.310 e. The second-order valence-corrected chi connectivity index (χ2v) is 9.33. The SMILES string of the molecule is CC(C)(C)OC(=O)Cc1ccc(OCCCC2CCN(c3ncc(Cl)cn3)CC2)nc1. The van der Waals surface area contributed by atoms with Crippen molar-refractivity contribution in [1.82, 2.24) is 15.0 Å². The van der Waals surface area contributed by atoms with Gasteiger partial charge in [-0.15, -0.1) is 0 Å². The number of carbonyl (C=O) groups is 1. The molecule has 0 atom stereocenters. The van der Waals surface area contributed by atoms with Crippen molar-refractivity contribution in [2.75, 3.05) is 24.6 Å². The van der Waals surface area contributed by atoms with Crippen molar-refractivity contribution in [2.45, 2.75) is 58.5 Å². The van der Waals surface area contributed by atoms with E-state index in [4.69, 9.17) is 21.1 Å². The molecule has 1 saturated heterocycles. The first-order valence-electron chi connectivity index (χ1n) is 10.8. The van der Waals surface area contributed by atoms with Gasteiger partial charge in [-0.05, 0) is 57.9 Å². The maximum atomic E-state index is 11.9. The predicted molar refractivity (Wildman–Crippen MR) is 120 cm³/mol. The molecular weight excluding hydrogens is 416 g/mol. The molecule has 0 N–H and O–H groups in total. The molecule has 0 unspecified atom stereocenters. The highest BCUT2D eigenvalue weighted by molar-refractivity contribution is 6.30. The molecule has 3 heterocycles. The monoisotopic (exact) mass is 446 g/mol. The molecule has 2 aromatic rings. The summed E-state index contributed by atoms with van der Waals surface area (Å²) in [6, 6.07) is 3.67. The molecule has 0 saturated carbocycles. The van der Waals surface area contributed by atoms with Crippen molar-refractivity contribution in [3.8, 4) is 5.88 Å². The molecule has 0 radical (unpaired) electrons. The van der Waals surface area contributed by atoms with E-state index in [-0.39, 0.29) is 12.4 Å². The van der Waals surface area contributed by atoms with Gasteiger partial charge in [0.15, 0.2) is 0 Å². The van der Waals surface area contributed by atoms with E-state index in [0.29, 0.717) is 23.4 Å². The van der Waals surface area contributed by atoms with Gasteiger partial charge >= 0.3 is 5.97 Å². The number of ether oxygens (including phenoxy) is 2. The summed E-state index contributed by atoms with van der Waals surface area (Å²) < 4.78 is 11.1. The summed E-state index contributed by atoms with van der Waals surface area (Å²) in [4.78, 5) is 27.0. The summed E-state index contributed by atoms with van der Waals surface area (Å²) >= 11 is 5.86. The molecular formula is C23H31ClN4O3. The van der Waals surface area contributed by atoms with E-state index in [1.165, 1.54) is 0 Å². The van der Waals surface area contributed by atoms with Gasteiger partial charge in [-0.3, -0.25) is 4.79 Å². The molecule has 31 heavy (non-hydrogen) atoms. The number of carbonyl (C=O) groups excluding carboxylic acids is 1. The van der Waals surface area contributed by atoms with E-state index >= 15 is 0 Å². The number of hydrogen-bond donors (Lipinski definition) is 0.